The standard InChI is InChI=1S/C32H40N6/c1-5-17-33-29(9-1)23-37(24-30-10-2-6-18-34-30)21-27-13-15-28(16-14-27)22-38(25-31-11-3-7-19-35-31)26-32-12-4-8-20-36-32/h1-16,33-36H,17-26H2. The summed E-state index contributed by atoms with van der Waals surface area (Å²) in [6, 6.07) is 9.20. The Kier molecular flexibility index (Phi) is 9.34. The van der Waals surface area contributed by atoms with Crippen molar-refractivity contribution in [3.63, 3.8) is 0 Å². The summed E-state index contributed by atoms with van der Waals surface area (Å²) in [6.07, 6.45) is 26.0. The van der Waals surface area contributed by atoms with Gasteiger partial charge in [0.05, 0.1) is 0 Å². The highest BCUT2D eigenvalue weighted by Gasteiger charge is 2.15. The van der Waals surface area contributed by atoms with Crippen LogP contribution in [0.3, 0.4) is 0 Å². The van der Waals surface area contributed by atoms with Gasteiger partial charge in [0.15, 0.2) is 0 Å². The zero-order chi connectivity index (χ0) is 25.8. The van der Waals surface area contributed by atoms with Gasteiger partial charge in [-0.2, -0.15) is 0 Å². The van der Waals surface area contributed by atoms with Gasteiger partial charge in [-0.15, -0.1) is 0 Å². The first kappa shape index (κ1) is 25.9. The van der Waals surface area contributed by atoms with Gasteiger partial charge in [0.2, 0.25) is 0 Å². The van der Waals surface area contributed by atoms with Crippen molar-refractivity contribution >= 4 is 0 Å². The molecule has 6 heteroatoms. The summed E-state index contributed by atoms with van der Waals surface area (Å²) in [5.41, 5.74) is 7.76. The lowest BCUT2D eigenvalue weighted by Gasteiger charge is -2.28. The molecule has 0 radical (unpaired) electrons. The summed E-state index contributed by atoms with van der Waals surface area (Å²) >= 11 is 0. The van der Waals surface area contributed by atoms with Crippen LogP contribution in [0.15, 0.2) is 120 Å². The highest BCUT2D eigenvalue weighted by Crippen LogP contribution is 2.15. The Balaban J connectivity index is 1.24. The van der Waals surface area contributed by atoms with Gasteiger partial charge < -0.3 is 21.3 Å². The lowest BCUT2D eigenvalue weighted by molar-refractivity contribution is 0.299. The molecule has 0 saturated heterocycles. The molecule has 0 bridgehead atoms. The molecule has 4 N–H and O–H groups in total. The third-order valence-corrected chi connectivity index (χ3v) is 6.93. The lowest BCUT2D eigenvalue weighted by Crippen LogP contribution is -2.36. The summed E-state index contributed by atoms with van der Waals surface area (Å²) in [5, 5.41) is 14.1. The van der Waals surface area contributed by atoms with Gasteiger partial charge in [-0.05, 0) is 35.4 Å². The van der Waals surface area contributed by atoms with Gasteiger partial charge >= 0.3 is 0 Å². The van der Waals surface area contributed by atoms with Crippen LogP contribution in [0.5, 0.6) is 0 Å². The van der Waals surface area contributed by atoms with Crippen LogP contribution >= 0.6 is 0 Å². The van der Waals surface area contributed by atoms with E-state index in [0.717, 1.165) is 65.4 Å². The van der Waals surface area contributed by atoms with Crippen LogP contribution in [0.1, 0.15) is 11.1 Å². The second kappa shape index (κ2) is 13.7. The topological polar surface area (TPSA) is 54.6 Å². The number of nitrogens with one attached hydrogen (secondary N) is 4. The van der Waals surface area contributed by atoms with E-state index < -0.39 is 0 Å². The van der Waals surface area contributed by atoms with Crippen molar-refractivity contribution in [2.45, 2.75) is 13.1 Å². The maximum absolute atomic E-state index is 3.52. The molecule has 5 rings (SSSR count). The largest absolute Gasteiger partial charge is 0.384 e. The molecule has 0 amide bonds. The zero-order valence-electron chi connectivity index (χ0n) is 22.2. The van der Waals surface area contributed by atoms with Gasteiger partial charge in [0.1, 0.15) is 0 Å². The molecule has 0 unspecified atom stereocenters. The number of hydrogen-bond donors (Lipinski definition) is 4. The molecule has 4 aliphatic heterocycles. The Hall–Kier alpha value is -3.74. The van der Waals surface area contributed by atoms with Gasteiger partial charge in [-0.1, -0.05) is 72.9 Å². The van der Waals surface area contributed by atoms with E-state index in [4.69, 9.17) is 0 Å². The summed E-state index contributed by atoms with van der Waals surface area (Å²) in [7, 11) is 0. The summed E-state index contributed by atoms with van der Waals surface area (Å²) in [4.78, 5) is 5.00. The summed E-state index contributed by atoms with van der Waals surface area (Å²) in [5.74, 6) is 0. The van der Waals surface area contributed by atoms with Crippen molar-refractivity contribution in [2.75, 3.05) is 52.4 Å². The van der Waals surface area contributed by atoms with E-state index in [1.165, 1.54) is 33.9 Å². The van der Waals surface area contributed by atoms with Crippen molar-refractivity contribution in [1.29, 1.82) is 0 Å². The number of nitrogens with zero attached hydrogens (tertiary/aromatic N) is 2. The number of allylic oxidation sites excluding steroid dienone is 8. The van der Waals surface area contributed by atoms with E-state index in [1.54, 1.807) is 0 Å². The number of rotatable bonds is 12. The quantitative estimate of drug-likeness (QED) is 0.347. The molecule has 4 heterocycles. The SMILES string of the molecule is C1=CCNC(CN(CC2=CC=CCN2)Cc2ccc(CN(CC3=CC=CCN3)CC3=CC=CCN3)cc2)=C1. The minimum absolute atomic E-state index is 0.899. The molecular weight excluding hydrogens is 468 g/mol. The van der Waals surface area contributed by atoms with E-state index in [1.807, 2.05) is 0 Å². The highest BCUT2D eigenvalue weighted by molar-refractivity contribution is 5.26. The molecule has 4 aliphatic rings. The third kappa shape index (κ3) is 8.13. The molecule has 38 heavy (non-hydrogen) atoms. The maximum Gasteiger partial charge on any atom is 0.0389 e. The van der Waals surface area contributed by atoms with E-state index in [9.17, 15) is 0 Å². The van der Waals surface area contributed by atoms with Crippen molar-refractivity contribution in [1.82, 2.24) is 31.1 Å². The monoisotopic (exact) mass is 508 g/mol. The maximum atomic E-state index is 3.52. The normalized spacial score (nSPS) is 18.2. The Labute approximate surface area is 227 Å². The van der Waals surface area contributed by atoms with Crippen LogP contribution in [0, 0.1) is 0 Å². The fraction of sp³-hybridized carbons (Fsp3) is 0.312. The van der Waals surface area contributed by atoms with Crippen molar-refractivity contribution in [3.8, 4) is 0 Å². The number of benzene rings is 1. The lowest BCUT2D eigenvalue weighted by atomic mass is 10.1. The average molecular weight is 509 g/mol. The average Bonchev–Trinajstić information content (AvgIpc) is 2.96. The van der Waals surface area contributed by atoms with Gasteiger partial charge in [-0.25, -0.2) is 0 Å². The fourth-order valence-electron chi connectivity index (χ4n) is 5.00. The van der Waals surface area contributed by atoms with Crippen LogP contribution in [0.4, 0.5) is 0 Å². The van der Waals surface area contributed by atoms with Crippen LogP contribution < -0.4 is 21.3 Å². The Morgan fingerprint density at radius 3 is 0.947 bits per heavy atom. The molecule has 0 atom stereocenters. The van der Waals surface area contributed by atoms with Crippen molar-refractivity contribution < 1.29 is 0 Å². The molecule has 0 spiro atoms. The van der Waals surface area contributed by atoms with E-state index >= 15 is 0 Å². The zero-order valence-corrected chi connectivity index (χ0v) is 22.2. The molecule has 0 saturated carbocycles. The van der Waals surface area contributed by atoms with E-state index in [2.05, 4.69) is 128 Å². The molecule has 6 nitrogen and oxygen atoms in total. The molecule has 198 valence electrons. The van der Waals surface area contributed by atoms with Crippen molar-refractivity contribution in [2.24, 2.45) is 0 Å². The molecule has 1 aromatic rings. The van der Waals surface area contributed by atoms with Crippen LogP contribution in [0.2, 0.25) is 0 Å². The second-order valence-corrected chi connectivity index (χ2v) is 10.1. The number of dihydropyridines is 4. The Morgan fingerprint density at radius 1 is 0.421 bits per heavy atom. The van der Waals surface area contributed by atoms with Crippen molar-refractivity contribution in [3.05, 3.63) is 131 Å². The smallest absolute Gasteiger partial charge is 0.0389 e. The minimum atomic E-state index is 0.899. The van der Waals surface area contributed by atoms with Gasteiger partial charge in [0, 0.05) is 88.2 Å². The third-order valence-electron chi connectivity index (χ3n) is 6.93. The number of hydrogen-bond acceptors (Lipinski definition) is 6. The predicted molar refractivity (Wildman–Crippen MR) is 158 cm³/mol. The Bertz CT molecular complexity index is 1020. The van der Waals surface area contributed by atoms with Crippen LogP contribution in [-0.2, 0) is 13.1 Å². The first-order valence-electron chi connectivity index (χ1n) is 13.7. The summed E-state index contributed by atoms with van der Waals surface area (Å²) in [6.45, 7) is 9.01. The predicted octanol–water partition coefficient (Wildman–Crippen LogP) is 3.46. The highest BCUT2D eigenvalue weighted by atomic mass is 15.2. The minimum Gasteiger partial charge on any atom is -0.384 e. The van der Waals surface area contributed by atoms with E-state index in [-0.39, 0.29) is 0 Å². The molecule has 1 aromatic carbocycles. The van der Waals surface area contributed by atoms with Gasteiger partial charge in [-0.3, -0.25) is 9.80 Å². The molecule has 0 aromatic heterocycles. The molecule has 0 fully saturated rings. The van der Waals surface area contributed by atoms with Gasteiger partial charge in [0.25, 0.3) is 0 Å². The first-order chi connectivity index (χ1) is 18.8. The van der Waals surface area contributed by atoms with Crippen LogP contribution in [0.25, 0.3) is 0 Å². The molecule has 0 aliphatic carbocycles. The fourth-order valence-corrected chi connectivity index (χ4v) is 5.00. The Morgan fingerprint density at radius 2 is 0.711 bits per heavy atom. The van der Waals surface area contributed by atoms with E-state index in [0.29, 0.717) is 0 Å². The van der Waals surface area contributed by atoms with Crippen LogP contribution in [-0.4, -0.2) is 62.2 Å². The first-order valence-corrected chi connectivity index (χ1v) is 13.7. The summed E-state index contributed by atoms with van der Waals surface area (Å²) < 4.78 is 0. The molecular formula is C32H40N6. The second-order valence-electron chi connectivity index (χ2n) is 10.1.